The van der Waals surface area contributed by atoms with Crippen LogP contribution in [0.2, 0.25) is 0 Å². The third-order valence-electron chi connectivity index (χ3n) is 5.55. The molecule has 0 saturated carbocycles. The first kappa shape index (κ1) is 19.9. The molecule has 2 heterocycles. The summed E-state index contributed by atoms with van der Waals surface area (Å²) in [5, 5.41) is 18.7. The van der Waals surface area contributed by atoms with E-state index in [9.17, 15) is 14.7 Å². The minimum Gasteiger partial charge on any atom is -0.480 e. The topological polar surface area (TPSA) is 97.1 Å². The van der Waals surface area contributed by atoms with Crippen LogP contribution in [0.15, 0.2) is 54.6 Å². The Bertz CT molecular complexity index is 957. The fourth-order valence-corrected chi connectivity index (χ4v) is 3.91. The molecule has 2 aromatic rings. The molecule has 8 nitrogen and oxygen atoms in total. The van der Waals surface area contributed by atoms with Crippen LogP contribution in [-0.2, 0) is 16.1 Å². The zero-order chi connectivity index (χ0) is 21.1. The van der Waals surface area contributed by atoms with E-state index >= 15 is 0 Å². The van der Waals surface area contributed by atoms with Crippen molar-refractivity contribution in [3.05, 3.63) is 65.7 Å². The van der Waals surface area contributed by atoms with Gasteiger partial charge in [-0.15, -0.1) is 0 Å². The maximum absolute atomic E-state index is 12.4. The molecule has 4 rings (SSSR count). The van der Waals surface area contributed by atoms with Crippen molar-refractivity contribution in [2.24, 2.45) is 0 Å². The van der Waals surface area contributed by atoms with Gasteiger partial charge in [0.25, 0.3) is 0 Å². The number of rotatable bonds is 5. The quantitative estimate of drug-likeness (QED) is 0.812. The first-order valence-electron chi connectivity index (χ1n) is 9.78. The van der Waals surface area contributed by atoms with Crippen LogP contribution in [0, 0.1) is 11.3 Å². The fraction of sp³-hybridized carbons (Fsp3) is 0.318. The Hall–Kier alpha value is -3.41. The van der Waals surface area contributed by atoms with Crippen LogP contribution in [0.1, 0.15) is 11.1 Å². The van der Waals surface area contributed by atoms with Gasteiger partial charge >= 0.3 is 12.1 Å². The third kappa shape index (κ3) is 4.13. The molecular weight excluding hydrogens is 384 g/mol. The fourth-order valence-electron chi connectivity index (χ4n) is 3.91. The number of nitriles is 1. The number of aliphatic carboxylic acids is 1. The summed E-state index contributed by atoms with van der Waals surface area (Å²) in [7, 11) is 0. The summed E-state index contributed by atoms with van der Waals surface area (Å²) in [6.45, 7) is 2.33. The summed E-state index contributed by atoms with van der Waals surface area (Å²) in [4.78, 5) is 29.7. The zero-order valence-corrected chi connectivity index (χ0v) is 16.3. The highest BCUT2D eigenvalue weighted by molar-refractivity contribution is 5.89. The van der Waals surface area contributed by atoms with Crippen LogP contribution in [0.5, 0.6) is 0 Å². The van der Waals surface area contributed by atoms with Crippen LogP contribution in [0.25, 0.3) is 0 Å². The Morgan fingerprint density at radius 1 is 1.10 bits per heavy atom. The minimum atomic E-state index is -0.885. The molecule has 0 radical (unpaired) electrons. The second kappa shape index (κ2) is 8.53. The van der Waals surface area contributed by atoms with Gasteiger partial charge in [0.05, 0.1) is 18.2 Å². The van der Waals surface area contributed by atoms with E-state index in [2.05, 4.69) is 6.07 Å². The number of cyclic esters (lactones) is 1. The van der Waals surface area contributed by atoms with Gasteiger partial charge in [-0.25, -0.2) is 4.79 Å². The Morgan fingerprint density at radius 3 is 2.50 bits per heavy atom. The van der Waals surface area contributed by atoms with E-state index < -0.39 is 24.3 Å². The lowest BCUT2D eigenvalue weighted by molar-refractivity contribution is -0.148. The van der Waals surface area contributed by atoms with Crippen molar-refractivity contribution in [1.82, 2.24) is 9.80 Å². The lowest BCUT2D eigenvalue weighted by Crippen LogP contribution is -2.58. The summed E-state index contributed by atoms with van der Waals surface area (Å²) in [5.41, 5.74) is 2.23. The number of anilines is 1. The molecule has 8 heteroatoms. The molecule has 2 saturated heterocycles. The second-order valence-corrected chi connectivity index (χ2v) is 7.41. The van der Waals surface area contributed by atoms with Gasteiger partial charge in [0.15, 0.2) is 6.23 Å². The molecule has 0 aromatic heterocycles. The van der Waals surface area contributed by atoms with Crippen molar-refractivity contribution in [2.45, 2.75) is 18.8 Å². The monoisotopic (exact) mass is 406 g/mol. The maximum Gasteiger partial charge on any atom is 0.416 e. The number of benzene rings is 2. The van der Waals surface area contributed by atoms with Crippen LogP contribution < -0.4 is 4.90 Å². The first-order valence-corrected chi connectivity index (χ1v) is 9.78. The number of amides is 1. The standard InChI is InChI=1S/C22H22N4O4/c23-12-16-6-8-18(9-7-16)26-15-20(30-22(26)29)25-11-10-24(19(14-25)21(27)28)13-17-4-2-1-3-5-17/h1-9,19-20H,10-11,13-15H2,(H,27,28). The maximum atomic E-state index is 12.4. The van der Waals surface area contributed by atoms with E-state index in [1.54, 1.807) is 24.3 Å². The number of nitrogens with zero attached hydrogens (tertiary/aromatic N) is 4. The molecule has 2 fully saturated rings. The number of carboxylic acids is 1. The predicted molar refractivity (Wildman–Crippen MR) is 109 cm³/mol. The molecule has 0 spiro atoms. The summed E-state index contributed by atoms with van der Waals surface area (Å²) in [5.74, 6) is -0.885. The summed E-state index contributed by atoms with van der Waals surface area (Å²) >= 11 is 0. The van der Waals surface area contributed by atoms with Gasteiger partial charge < -0.3 is 9.84 Å². The lowest BCUT2D eigenvalue weighted by Gasteiger charge is -2.40. The highest BCUT2D eigenvalue weighted by Crippen LogP contribution is 2.25. The molecule has 2 unspecified atom stereocenters. The van der Waals surface area contributed by atoms with E-state index in [4.69, 9.17) is 10.00 Å². The average Bonchev–Trinajstić information content (AvgIpc) is 3.16. The largest absolute Gasteiger partial charge is 0.480 e. The minimum absolute atomic E-state index is 0.279. The van der Waals surface area contributed by atoms with Gasteiger partial charge in [0, 0.05) is 31.9 Å². The normalized spacial score (nSPS) is 22.5. The summed E-state index contributed by atoms with van der Waals surface area (Å²) in [6, 6.07) is 17.9. The Balaban J connectivity index is 1.43. The highest BCUT2D eigenvalue weighted by Gasteiger charge is 2.41. The van der Waals surface area contributed by atoms with E-state index in [-0.39, 0.29) is 6.54 Å². The number of ether oxygens (including phenoxy) is 1. The zero-order valence-electron chi connectivity index (χ0n) is 16.3. The first-order chi connectivity index (χ1) is 14.5. The number of carbonyl (C=O) groups is 2. The van der Waals surface area contributed by atoms with Crippen molar-refractivity contribution >= 4 is 17.7 Å². The Morgan fingerprint density at radius 2 is 1.83 bits per heavy atom. The van der Waals surface area contributed by atoms with E-state index in [1.807, 2.05) is 40.1 Å². The van der Waals surface area contributed by atoms with Crippen molar-refractivity contribution in [3.63, 3.8) is 0 Å². The average molecular weight is 406 g/mol. The summed E-state index contributed by atoms with van der Waals surface area (Å²) in [6.07, 6.45) is -0.975. The molecule has 2 aliphatic heterocycles. The van der Waals surface area contributed by atoms with Gasteiger partial charge in [-0.2, -0.15) is 5.26 Å². The van der Waals surface area contributed by atoms with Crippen LogP contribution >= 0.6 is 0 Å². The van der Waals surface area contributed by atoms with Gasteiger partial charge in [-0.05, 0) is 29.8 Å². The van der Waals surface area contributed by atoms with Crippen molar-refractivity contribution < 1.29 is 19.4 Å². The van der Waals surface area contributed by atoms with Gasteiger partial charge in [0.1, 0.15) is 6.04 Å². The van der Waals surface area contributed by atoms with Crippen molar-refractivity contribution in [3.8, 4) is 6.07 Å². The molecular formula is C22H22N4O4. The van der Waals surface area contributed by atoms with Crippen molar-refractivity contribution in [1.29, 1.82) is 5.26 Å². The Kier molecular flexibility index (Phi) is 5.65. The Labute approximate surface area is 174 Å². The van der Waals surface area contributed by atoms with E-state index in [0.29, 0.717) is 37.4 Å². The molecule has 1 N–H and O–H groups in total. The lowest BCUT2D eigenvalue weighted by atomic mass is 10.1. The summed E-state index contributed by atoms with van der Waals surface area (Å²) < 4.78 is 5.54. The number of carboxylic acid groups (broad SMARTS) is 1. The number of piperazine rings is 1. The molecule has 2 aromatic carbocycles. The van der Waals surface area contributed by atoms with E-state index in [0.717, 1.165) is 5.56 Å². The molecule has 154 valence electrons. The molecule has 2 atom stereocenters. The van der Waals surface area contributed by atoms with Crippen molar-refractivity contribution in [2.75, 3.05) is 31.1 Å². The van der Waals surface area contributed by atoms with Gasteiger partial charge in [0.2, 0.25) is 0 Å². The molecule has 0 aliphatic carbocycles. The van der Waals surface area contributed by atoms with Crippen LogP contribution in [0.3, 0.4) is 0 Å². The molecule has 2 aliphatic rings. The smallest absolute Gasteiger partial charge is 0.416 e. The number of hydrogen-bond acceptors (Lipinski definition) is 6. The third-order valence-corrected chi connectivity index (χ3v) is 5.55. The van der Waals surface area contributed by atoms with Gasteiger partial charge in [-0.1, -0.05) is 30.3 Å². The molecule has 30 heavy (non-hydrogen) atoms. The number of carbonyl (C=O) groups excluding carboxylic acids is 1. The van der Waals surface area contributed by atoms with Crippen LogP contribution in [0.4, 0.5) is 10.5 Å². The highest BCUT2D eigenvalue weighted by atomic mass is 16.6. The predicted octanol–water partition coefficient (Wildman–Crippen LogP) is 2.11. The van der Waals surface area contributed by atoms with E-state index in [1.165, 1.54) is 4.90 Å². The SMILES string of the molecule is N#Cc1ccc(N2CC(N3CCN(Cc4ccccc4)C(C(=O)O)C3)OC2=O)cc1. The second-order valence-electron chi connectivity index (χ2n) is 7.41. The van der Waals surface area contributed by atoms with Crippen LogP contribution in [-0.4, -0.2) is 65.4 Å². The van der Waals surface area contributed by atoms with Gasteiger partial charge in [-0.3, -0.25) is 19.5 Å². The molecule has 0 bridgehead atoms. The number of hydrogen-bond donors (Lipinski definition) is 1. The molecule has 1 amide bonds.